The average Bonchev–Trinajstić information content (AvgIpc) is 3.83. The summed E-state index contributed by atoms with van der Waals surface area (Å²) in [6.07, 6.45) is 0. The van der Waals surface area contributed by atoms with Crippen molar-refractivity contribution >= 4 is 71.7 Å². The molecule has 11 rings (SSSR count). The lowest BCUT2D eigenvalue weighted by molar-refractivity contribution is 0.660. The molecule has 0 fully saturated rings. The summed E-state index contributed by atoms with van der Waals surface area (Å²) in [6, 6.07) is 58.8. The van der Waals surface area contributed by atoms with E-state index in [2.05, 4.69) is 170 Å². The largest absolute Gasteiger partial charge is 0.456 e. The van der Waals surface area contributed by atoms with Gasteiger partial charge >= 0.3 is 0 Å². The molecule has 0 bridgehead atoms. The van der Waals surface area contributed by atoms with Crippen LogP contribution in [0.2, 0.25) is 0 Å². The molecule has 0 N–H and O–H groups in total. The number of furan rings is 2. The third kappa shape index (κ3) is 4.14. The van der Waals surface area contributed by atoms with Gasteiger partial charge < -0.3 is 13.7 Å². The predicted octanol–water partition coefficient (Wildman–Crippen LogP) is 14.1. The number of rotatable bonds is 4. The molecule has 3 nitrogen and oxygen atoms in total. The quantitative estimate of drug-likeness (QED) is 0.187. The van der Waals surface area contributed by atoms with Crippen LogP contribution in [0.5, 0.6) is 0 Å². The summed E-state index contributed by atoms with van der Waals surface area (Å²) in [5.74, 6) is 0. The summed E-state index contributed by atoms with van der Waals surface area (Å²) in [7, 11) is 0. The second-order valence-electron chi connectivity index (χ2n) is 14.5. The minimum atomic E-state index is -0.114. The maximum absolute atomic E-state index is 6.52. The van der Waals surface area contributed by atoms with Crippen LogP contribution in [0.4, 0.5) is 17.1 Å². The van der Waals surface area contributed by atoms with E-state index in [9.17, 15) is 0 Å². The Labute approximate surface area is 301 Å². The summed E-state index contributed by atoms with van der Waals surface area (Å²) < 4.78 is 12.9. The molecule has 0 spiro atoms. The molecule has 8 aromatic carbocycles. The summed E-state index contributed by atoms with van der Waals surface area (Å²) in [4.78, 5) is 2.36. The fourth-order valence-corrected chi connectivity index (χ4v) is 8.72. The third-order valence-electron chi connectivity index (χ3n) is 11.3. The van der Waals surface area contributed by atoms with Crippen molar-refractivity contribution in [1.82, 2.24) is 0 Å². The van der Waals surface area contributed by atoms with E-state index in [-0.39, 0.29) is 5.41 Å². The van der Waals surface area contributed by atoms with Crippen LogP contribution < -0.4 is 4.90 Å². The standard InChI is InChI=1S/C49H33NO2/c1-49(2)42-15-7-5-12-37(42)38-26-23-33(28-43(38)49)50(34-24-27-40-39-13-6-8-16-44(39)51-46(40)29-34)32-21-18-31(19-22-32)35-14-9-17-45-47(35)41-25-20-30-10-3-4-11-36(30)48(41)52-45/h3-29H,1-2H3. The predicted molar refractivity (Wildman–Crippen MR) is 216 cm³/mol. The lowest BCUT2D eigenvalue weighted by Crippen LogP contribution is -2.16. The summed E-state index contributed by atoms with van der Waals surface area (Å²) >= 11 is 0. The topological polar surface area (TPSA) is 29.5 Å². The van der Waals surface area contributed by atoms with E-state index in [0.29, 0.717) is 0 Å². The minimum Gasteiger partial charge on any atom is -0.456 e. The number of nitrogens with zero attached hydrogens (tertiary/aromatic N) is 1. The van der Waals surface area contributed by atoms with E-state index in [0.717, 1.165) is 77.5 Å². The van der Waals surface area contributed by atoms with Crippen LogP contribution in [-0.2, 0) is 5.41 Å². The second-order valence-corrected chi connectivity index (χ2v) is 14.5. The van der Waals surface area contributed by atoms with Crippen LogP contribution >= 0.6 is 0 Å². The summed E-state index contributed by atoms with van der Waals surface area (Å²) in [5, 5.41) is 6.84. The first-order valence-electron chi connectivity index (χ1n) is 17.9. The number of hydrogen-bond donors (Lipinski definition) is 0. The first-order chi connectivity index (χ1) is 25.5. The van der Waals surface area contributed by atoms with E-state index < -0.39 is 0 Å². The van der Waals surface area contributed by atoms with Gasteiger partial charge in [0.1, 0.15) is 22.3 Å². The molecule has 52 heavy (non-hydrogen) atoms. The van der Waals surface area contributed by atoms with Crippen LogP contribution in [-0.4, -0.2) is 0 Å². The first-order valence-corrected chi connectivity index (χ1v) is 17.9. The third-order valence-corrected chi connectivity index (χ3v) is 11.3. The molecule has 0 aliphatic heterocycles. The van der Waals surface area contributed by atoms with Gasteiger partial charge in [-0.1, -0.05) is 117 Å². The van der Waals surface area contributed by atoms with Gasteiger partial charge in [0.25, 0.3) is 0 Å². The van der Waals surface area contributed by atoms with Crippen LogP contribution in [0.1, 0.15) is 25.0 Å². The number of anilines is 3. The second kappa shape index (κ2) is 10.7. The van der Waals surface area contributed by atoms with Gasteiger partial charge in [0.15, 0.2) is 0 Å². The summed E-state index contributed by atoms with van der Waals surface area (Å²) in [6.45, 7) is 4.67. The Morgan fingerprint density at radius 1 is 0.423 bits per heavy atom. The Kier molecular flexibility index (Phi) is 6.01. The van der Waals surface area contributed by atoms with Crippen LogP contribution in [0.3, 0.4) is 0 Å². The molecule has 246 valence electrons. The first kappa shape index (κ1) is 29.2. The number of benzene rings is 8. The molecule has 1 aliphatic carbocycles. The van der Waals surface area contributed by atoms with E-state index in [1.165, 1.54) is 27.6 Å². The van der Waals surface area contributed by atoms with Crippen molar-refractivity contribution < 1.29 is 8.83 Å². The fraction of sp³-hybridized carbons (Fsp3) is 0.0612. The maximum Gasteiger partial charge on any atom is 0.143 e. The highest BCUT2D eigenvalue weighted by atomic mass is 16.3. The van der Waals surface area contributed by atoms with Gasteiger partial charge in [-0.3, -0.25) is 0 Å². The molecule has 2 aromatic heterocycles. The zero-order chi connectivity index (χ0) is 34.6. The molecule has 2 heterocycles. The van der Waals surface area contributed by atoms with Crippen molar-refractivity contribution in [2.75, 3.05) is 4.90 Å². The number of para-hydroxylation sites is 1. The number of hydrogen-bond acceptors (Lipinski definition) is 3. The highest BCUT2D eigenvalue weighted by Gasteiger charge is 2.35. The van der Waals surface area contributed by atoms with Crippen molar-refractivity contribution in [3.63, 3.8) is 0 Å². The van der Waals surface area contributed by atoms with Crippen molar-refractivity contribution in [1.29, 1.82) is 0 Å². The molecule has 1 aliphatic rings. The van der Waals surface area contributed by atoms with Gasteiger partial charge in [0.05, 0.1) is 0 Å². The van der Waals surface area contributed by atoms with Crippen molar-refractivity contribution in [2.45, 2.75) is 19.3 Å². The fourth-order valence-electron chi connectivity index (χ4n) is 8.72. The van der Waals surface area contributed by atoms with Crippen molar-refractivity contribution in [3.8, 4) is 22.3 Å². The normalized spacial score (nSPS) is 13.3. The minimum absolute atomic E-state index is 0.114. The molecule has 3 heteroatoms. The highest BCUT2D eigenvalue weighted by molar-refractivity contribution is 6.19. The number of fused-ring (bicyclic) bond motifs is 11. The Morgan fingerprint density at radius 2 is 1.08 bits per heavy atom. The molecule has 0 amide bonds. The lowest BCUT2D eigenvalue weighted by Gasteiger charge is -2.28. The van der Waals surface area contributed by atoms with E-state index in [4.69, 9.17) is 8.83 Å². The van der Waals surface area contributed by atoms with Crippen LogP contribution in [0.25, 0.3) is 76.9 Å². The Morgan fingerprint density at radius 3 is 1.98 bits per heavy atom. The van der Waals surface area contributed by atoms with Gasteiger partial charge in [-0.15, -0.1) is 0 Å². The van der Waals surface area contributed by atoms with Gasteiger partial charge in [0.2, 0.25) is 0 Å². The molecule has 0 radical (unpaired) electrons. The highest BCUT2D eigenvalue weighted by Crippen LogP contribution is 2.51. The van der Waals surface area contributed by atoms with E-state index in [1.54, 1.807) is 0 Å². The lowest BCUT2D eigenvalue weighted by atomic mass is 9.82. The molecule has 0 atom stereocenters. The Hall–Kier alpha value is -6.58. The molecule has 0 saturated carbocycles. The SMILES string of the molecule is CC1(C)c2ccccc2-c2ccc(N(c3ccc(-c4cccc5oc6c7ccccc7ccc6c45)cc3)c3ccc4c(c3)oc3ccccc34)cc21. The molecule has 0 unspecified atom stereocenters. The molecule has 0 saturated heterocycles. The smallest absolute Gasteiger partial charge is 0.143 e. The summed E-state index contributed by atoms with van der Waals surface area (Å²) in [5.41, 5.74) is 14.4. The van der Waals surface area contributed by atoms with E-state index in [1.807, 2.05) is 12.1 Å². The maximum atomic E-state index is 6.52. The Bertz CT molecular complexity index is 3050. The zero-order valence-electron chi connectivity index (χ0n) is 28.9. The van der Waals surface area contributed by atoms with Gasteiger partial charge in [-0.25, -0.2) is 0 Å². The molecular weight excluding hydrogens is 635 g/mol. The molecular formula is C49H33NO2. The van der Waals surface area contributed by atoms with Gasteiger partial charge in [0, 0.05) is 55.5 Å². The monoisotopic (exact) mass is 667 g/mol. The van der Waals surface area contributed by atoms with Crippen molar-refractivity contribution in [3.05, 3.63) is 175 Å². The van der Waals surface area contributed by atoms with Gasteiger partial charge in [-0.2, -0.15) is 0 Å². The zero-order valence-corrected chi connectivity index (χ0v) is 28.9. The van der Waals surface area contributed by atoms with Crippen LogP contribution in [0, 0.1) is 0 Å². The van der Waals surface area contributed by atoms with Crippen molar-refractivity contribution in [2.24, 2.45) is 0 Å². The van der Waals surface area contributed by atoms with Gasteiger partial charge in [-0.05, 0) is 93.4 Å². The Balaban J connectivity index is 1.07. The molecule has 10 aromatic rings. The average molecular weight is 668 g/mol. The van der Waals surface area contributed by atoms with Crippen LogP contribution in [0.15, 0.2) is 173 Å². The van der Waals surface area contributed by atoms with E-state index >= 15 is 0 Å².